The zero-order chi connectivity index (χ0) is 15.0. The van der Waals surface area contributed by atoms with Crippen molar-refractivity contribution >= 4 is 0 Å². The maximum absolute atomic E-state index is 13.6. The summed E-state index contributed by atoms with van der Waals surface area (Å²) in [6, 6.07) is 3.06. The summed E-state index contributed by atoms with van der Waals surface area (Å²) in [5.41, 5.74) is 5.10. The number of halogens is 5. The van der Waals surface area contributed by atoms with Gasteiger partial charge in [-0.15, -0.1) is 0 Å². The normalized spacial score (nSPS) is 27.6. The van der Waals surface area contributed by atoms with E-state index in [2.05, 4.69) is 0 Å². The quantitative estimate of drug-likeness (QED) is 0.821. The molecule has 0 aromatic heterocycles. The van der Waals surface area contributed by atoms with Crippen molar-refractivity contribution in [3.63, 3.8) is 0 Å². The van der Waals surface area contributed by atoms with Gasteiger partial charge in [-0.1, -0.05) is 12.5 Å². The molecule has 1 aliphatic carbocycles. The Morgan fingerprint density at radius 2 is 1.95 bits per heavy atom. The summed E-state index contributed by atoms with van der Waals surface area (Å²) in [4.78, 5) is 0. The molecule has 20 heavy (non-hydrogen) atoms. The van der Waals surface area contributed by atoms with Crippen molar-refractivity contribution in [2.24, 2.45) is 11.7 Å². The molecule has 0 aliphatic heterocycles. The van der Waals surface area contributed by atoms with E-state index in [1.165, 1.54) is 6.07 Å². The second-order valence-electron chi connectivity index (χ2n) is 5.61. The Hall–Kier alpha value is -1.17. The largest absolute Gasteiger partial charge is 0.391 e. The van der Waals surface area contributed by atoms with E-state index in [-0.39, 0.29) is 24.8 Å². The van der Waals surface area contributed by atoms with Crippen molar-refractivity contribution in [3.8, 4) is 0 Å². The first kappa shape index (κ1) is 15.2. The SMILES string of the molecule is NC1(Cc2ccc(F)cc2F)CCCC(C(F)(F)F)C1. The van der Waals surface area contributed by atoms with Crippen molar-refractivity contribution in [3.05, 3.63) is 35.4 Å². The zero-order valence-corrected chi connectivity index (χ0v) is 10.8. The Bertz CT molecular complexity index is 485. The maximum atomic E-state index is 13.6. The highest BCUT2D eigenvalue weighted by Crippen LogP contribution is 2.42. The minimum absolute atomic E-state index is 0.00824. The number of benzene rings is 1. The molecule has 1 nitrogen and oxygen atoms in total. The van der Waals surface area contributed by atoms with Crippen molar-refractivity contribution in [1.29, 1.82) is 0 Å². The van der Waals surface area contributed by atoms with Crippen LogP contribution in [-0.4, -0.2) is 11.7 Å². The van der Waals surface area contributed by atoms with E-state index in [1.54, 1.807) is 0 Å². The molecule has 0 saturated heterocycles. The van der Waals surface area contributed by atoms with Gasteiger partial charge in [0.05, 0.1) is 5.92 Å². The highest BCUT2D eigenvalue weighted by Gasteiger charge is 2.46. The Morgan fingerprint density at radius 1 is 1.25 bits per heavy atom. The topological polar surface area (TPSA) is 26.0 Å². The van der Waals surface area contributed by atoms with Crippen LogP contribution in [0.15, 0.2) is 18.2 Å². The summed E-state index contributed by atoms with van der Waals surface area (Å²) in [7, 11) is 0. The highest BCUT2D eigenvalue weighted by molar-refractivity contribution is 5.21. The predicted octanol–water partition coefficient (Wildman–Crippen LogP) is 3.96. The van der Waals surface area contributed by atoms with Crippen molar-refractivity contribution in [1.82, 2.24) is 0 Å². The fourth-order valence-corrected chi connectivity index (χ4v) is 2.88. The Kier molecular flexibility index (Phi) is 4.04. The second kappa shape index (κ2) is 5.31. The van der Waals surface area contributed by atoms with Crippen LogP contribution in [0.5, 0.6) is 0 Å². The lowest BCUT2D eigenvalue weighted by Gasteiger charge is -2.39. The number of alkyl halides is 3. The summed E-state index contributed by atoms with van der Waals surface area (Å²) < 4.78 is 64.7. The standard InChI is InChI=1S/C14H16F5N/c15-11-4-3-9(12(16)6-11)7-13(20)5-1-2-10(8-13)14(17,18)19/h3-4,6,10H,1-2,5,7-8,20H2. The summed E-state index contributed by atoms with van der Waals surface area (Å²) in [6.45, 7) is 0. The minimum Gasteiger partial charge on any atom is -0.325 e. The zero-order valence-electron chi connectivity index (χ0n) is 10.8. The molecule has 0 spiro atoms. The van der Waals surface area contributed by atoms with Crippen LogP contribution in [0.2, 0.25) is 0 Å². The molecular weight excluding hydrogens is 277 g/mol. The first-order valence-corrected chi connectivity index (χ1v) is 6.49. The highest BCUT2D eigenvalue weighted by atomic mass is 19.4. The molecule has 1 aliphatic rings. The van der Waals surface area contributed by atoms with Gasteiger partial charge in [0, 0.05) is 11.6 Å². The molecule has 1 saturated carbocycles. The third kappa shape index (κ3) is 3.48. The molecule has 2 unspecified atom stereocenters. The third-order valence-electron chi connectivity index (χ3n) is 3.90. The fourth-order valence-electron chi connectivity index (χ4n) is 2.88. The van der Waals surface area contributed by atoms with Crippen molar-refractivity contribution in [2.45, 2.75) is 43.8 Å². The first-order chi connectivity index (χ1) is 9.20. The van der Waals surface area contributed by atoms with Gasteiger partial charge < -0.3 is 5.73 Å². The predicted molar refractivity (Wildman–Crippen MR) is 65.0 cm³/mol. The van der Waals surface area contributed by atoms with Crippen LogP contribution >= 0.6 is 0 Å². The lowest BCUT2D eigenvalue weighted by molar-refractivity contribution is -0.187. The second-order valence-corrected chi connectivity index (χ2v) is 5.61. The van der Waals surface area contributed by atoms with Gasteiger partial charge >= 0.3 is 6.18 Å². The minimum atomic E-state index is -4.27. The van der Waals surface area contributed by atoms with E-state index in [0.717, 1.165) is 12.1 Å². The molecule has 0 heterocycles. The Labute approximate surface area is 114 Å². The van der Waals surface area contributed by atoms with Crippen LogP contribution in [-0.2, 0) is 6.42 Å². The summed E-state index contributed by atoms with van der Waals surface area (Å²) >= 11 is 0. The van der Waals surface area contributed by atoms with Crippen LogP contribution in [0.3, 0.4) is 0 Å². The number of rotatable bonds is 2. The van der Waals surface area contributed by atoms with Gasteiger partial charge in [-0.2, -0.15) is 13.2 Å². The van der Waals surface area contributed by atoms with Crippen LogP contribution in [0.25, 0.3) is 0 Å². The number of nitrogens with two attached hydrogens (primary N) is 1. The van der Waals surface area contributed by atoms with Crippen LogP contribution in [0, 0.1) is 17.6 Å². The molecule has 1 aromatic rings. The van der Waals surface area contributed by atoms with E-state index in [1.807, 2.05) is 0 Å². The molecule has 2 N–H and O–H groups in total. The van der Waals surface area contributed by atoms with Gasteiger partial charge in [-0.25, -0.2) is 8.78 Å². The van der Waals surface area contributed by atoms with Crippen molar-refractivity contribution in [2.75, 3.05) is 0 Å². The van der Waals surface area contributed by atoms with E-state index in [9.17, 15) is 22.0 Å². The molecule has 2 rings (SSSR count). The molecule has 0 bridgehead atoms. The third-order valence-corrected chi connectivity index (χ3v) is 3.90. The number of hydrogen-bond donors (Lipinski definition) is 1. The average Bonchev–Trinajstić information content (AvgIpc) is 2.32. The van der Waals surface area contributed by atoms with Gasteiger partial charge in [-0.05, 0) is 37.3 Å². The molecule has 0 radical (unpaired) electrons. The van der Waals surface area contributed by atoms with Crippen molar-refractivity contribution < 1.29 is 22.0 Å². The monoisotopic (exact) mass is 293 g/mol. The van der Waals surface area contributed by atoms with Gasteiger partial charge in [0.1, 0.15) is 11.6 Å². The van der Waals surface area contributed by atoms with E-state index >= 15 is 0 Å². The summed E-state index contributed by atoms with van der Waals surface area (Å²) in [6.07, 6.45) is -3.65. The van der Waals surface area contributed by atoms with E-state index in [4.69, 9.17) is 5.73 Å². The van der Waals surface area contributed by atoms with Gasteiger partial charge in [0.15, 0.2) is 0 Å². The molecule has 6 heteroatoms. The molecule has 112 valence electrons. The molecule has 2 atom stereocenters. The number of hydrogen-bond acceptors (Lipinski definition) is 1. The average molecular weight is 293 g/mol. The fraction of sp³-hybridized carbons (Fsp3) is 0.571. The lowest BCUT2D eigenvalue weighted by atomic mass is 9.73. The first-order valence-electron chi connectivity index (χ1n) is 6.49. The van der Waals surface area contributed by atoms with Gasteiger partial charge in [-0.3, -0.25) is 0 Å². The van der Waals surface area contributed by atoms with E-state index < -0.39 is 29.3 Å². The van der Waals surface area contributed by atoms with Crippen LogP contribution in [0.1, 0.15) is 31.2 Å². The summed E-state index contributed by atoms with van der Waals surface area (Å²) in [5, 5.41) is 0. The van der Waals surface area contributed by atoms with Gasteiger partial charge in [0.2, 0.25) is 0 Å². The van der Waals surface area contributed by atoms with Crippen LogP contribution < -0.4 is 5.73 Å². The molecular formula is C14H16F5N. The summed E-state index contributed by atoms with van der Waals surface area (Å²) in [5.74, 6) is -2.91. The van der Waals surface area contributed by atoms with E-state index in [0.29, 0.717) is 12.8 Å². The lowest BCUT2D eigenvalue weighted by Crippen LogP contribution is -2.49. The smallest absolute Gasteiger partial charge is 0.325 e. The maximum Gasteiger partial charge on any atom is 0.391 e. The molecule has 1 aromatic carbocycles. The van der Waals surface area contributed by atoms with Gasteiger partial charge in [0.25, 0.3) is 0 Å². The molecule has 0 amide bonds. The Morgan fingerprint density at radius 3 is 2.55 bits per heavy atom. The van der Waals surface area contributed by atoms with Crippen LogP contribution in [0.4, 0.5) is 22.0 Å². The molecule has 1 fully saturated rings. The Balaban J connectivity index is 2.14.